The van der Waals surface area contributed by atoms with Gasteiger partial charge in [-0.2, -0.15) is 0 Å². The minimum absolute atomic E-state index is 0. The van der Waals surface area contributed by atoms with E-state index < -0.39 is 17.4 Å². The monoisotopic (exact) mass is 800 g/mol. The van der Waals surface area contributed by atoms with Gasteiger partial charge in [-0.3, -0.25) is 0 Å². The summed E-state index contributed by atoms with van der Waals surface area (Å²) in [5, 5.41) is 0. The average molecular weight is 803 g/mol. The van der Waals surface area contributed by atoms with Gasteiger partial charge in [-0.15, -0.1) is 24.8 Å². The maximum atomic E-state index is 2.81. The molecule has 4 aromatic rings. The molecule has 0 nitrogen and oxygen atoms in total. The fourth-order valence-electron chi connectivity index (χ4n) is 9.16. The summed E-state index contributed by atoms with van der Waals surface area (Å²) >= 11 is -3.72. The Bertz CT molecular complexity index is 1940. The van der Waals surface area contributed by atoms with E-state index in [0.29, 0.717) is 25.0 Å². The minimum Gasteiger partial charge on any atom is -0.147 e. The van der Waals surface area contributed by atoms with Crippen LogP contribution in [0.1, 0.15) is 127 Å². The molecule has 0 aromatic heterocycles. The summed E-state index contributed by atoms with van der Waals surface area (Å²) in [6.45, 7) is 19.0. The molecule has 5 unspecified atom stereocenters. The molecule has 0 radical (unpaired) electrons. The van der Waals surface area contributed by atoms with Crippen molar-refractivity contribution in [2.24, 2.45) is 5.92 Å². The molecule has 50 heavy (non-hydrogen) atoms. The van der Waals surface area contributed by atoms with Crippen LogP contribution in [0, 0.1) is 5.92 Å². The Kier molecular flexibility index (Phi) is 13.0. The molecule has 0 saturated carbocycles. The maximum absolute atomic E-state index is 3.72. The zero-order chi connectivity index (χ0) is 34.4. The van der Waals surface area contributed by atoms with E-state index in [1.165, 1.54) is 63.8 Å². The van der Waals surface area contributed by atoms with Crippen molar-refractivity contribution in [2.75, 3.05) is 0 Å². The third-order valence-corrected chi connectivity index (χ3v) is 30.0. The van der Waals surface area contributed by atoms with Gasteiger partial charge in [-0.05, 0) is 0 Å². The van der Waals surface area contributed by atoms with Crippen LogP contribution in [0.15, 0.2) is 96.1 Å². The third-order valence-electron chi connectivity index (χ3n) is 12.5. The molecule has 0 fully saturated rings. The van der Waals surface area contributed by atoms with Crippen LogP contribution >= 0.6 is 24.8 Å². The van der Waals surface area contributed by atoms with E-state index in [1.807, 2.05) is 0 Å². The number of fused-ring (bicyclic) bond motifs is 2. The van der Waals surface area contributed by atoms with Crippen LogP contribution in [0.4, 0.5) is 0 Å². The summed E-state index contributed by atoms with van der Waals surface area (Å²) in [6.07, 6.45) is 9.91. The predicted octanol–water partition coefficient (Wildman–Crippen LogP) is 14.3. The normalized spacial score (nSPS) is 18.5. The van der Waals surface area contributed by atoms with E-state index in [1.54, 1.807) is 22.3 Å². The van der Waals surface area contributed by atoms with Crippen LogP contribution in [0.3, 0.4) is 0 Å². The molecule has 0 spiro atoms. The summed E-state index contributed by atoms with van der Waals surface area (Å²) in [6, 6.07) is 33.4. The van der Waals surface area contributed by atoms with Gasteiger partial charge in [0.1, 0.15) is 0 Å². The summed E-state index contributed by atoms with van der Waals surface area (Å²) in [4.78, 5) is 0. The molecule has 4 aromatic carbocycles. The van der Waals surface area contributed by atoms with E-state index >= 15 is 0 Å². The largest absolute Gasteiger partial charge is 0.147 e. The molecule has 0 saturated heterocycles. The Balaban J connectivity index is 0.00000281. The summed E-state index contributed by atoms with van der Waals surface area (Å²) in [7, 11) is 0. The molecule has 266 valence electrons. The Morgan fingerprint density at radius 3 is 1.40 bits per heavy atom. The van der Waals surface area contributed by atoms with Crippen molar-refractivity contribution >= 4 is 43.8 Å². The zero-order valence-corrected chi connectivity index (χ0v) is 37.5. The van der Waals surface area contributed by atoms with Gasteiger partial charge in [-0.25, -0.2) is 0 Å². The summed E-state index contributed by atoms with van der Waals surface area (Å²) in [5.41, 5.74) is 17.9. The molecule has 6 rings (SSSR count). The summed E-state index contributed by atoms with van der Waals surface area (Å²) in [5.74, 6) is 1.75. The fourth-order valence-corrected chi connectivity index (χ4v) is 29.1. The number of hydrogen-bond donors (Lipinski definition) is 0. The predicted molar refractivity (Wildman–Crippen MR) is 227 cm³/mol. The molecule has 0 N–H and O–H groups in total. The van der Waals surface area contributed by atoms with Gasteiger partial charge < -0.3 is 0 Å². The van der Waals surface area contributed by atoms with Crippen LogP contribution in [0.2, 0.25) is 9.26 Å². The third kappa shape index (κ3) is 7.18. The molecule has 0 bridgehead atoms. The van der Waals surface area contributed by atoms with Crippen molar-refractivity contribution in [3.8, 4) is 22.3 Å². The second kappa shape index (κ2) is 16.0. The van der Waals surface area contributed by atoms with Gasteiger partial charge in [0.15, 0.2) is 0 Å². The Morgan fingerprint density at radius 2 is 0.980 bits per heavy atom. The van der Waals surface area contributed by atoms with Crippen LogP contribution < -0.4 is 0 Å². The first-order chi connectivity index (χ1) is 22.9. The van der Waals surface area contributed by atoms with Crippen molar-refractivity contribution in [3.63, 3.8) is 0 Å². The van der Waals surface area contributed by atoms with E-state index in [4.69, 9.17) is 0 Å². The quantitative estimate of drug-likeness (QED) is 0.133. The van der Waals surface area contributed by atoms with Crippen molar-refractivity contribution in [1.82, 2.24) is 0 Å². The molecular formula is C46H60Cl2SiZr. The first-order valence-corrected chi connectivity index (χ1v) is 32.6. The number of allylic oxidation sites excluding steroid dienone is 2. The van der Waals surface area contributed by atoms with Gasteiger partial charge >= 0.3 is 297 Å². The van der Waals surface area contributed by atoms with Crippen LogP contribution in [0.25, 0.3) is 34.4 Å². The fraction of sp³-hybridized carbons (Fsp3) is 0.391. The molecule has 4 heteroatoms. The van der Waals surface area contributed by atoms with Crippen LogP contribution in [0.5, 0.6) is 0 Å². The van der Waals surface area contributed by atoms with Crippen molar-refractivity contribution in [3.05, 3.63) is 129 Å². The van der Waals surface area contributed by atoms with Crippen molar-refractivity contribution < 1.29 is 17.4 Å². The number of benzene rings is 4. The number of hydrogen-bond acceptors (Lipinski definition) is 0. The Hall–Kier alpha value is -1.96. The second-order valence-corrected chi connectivity index (χ2v) is 46.8. The smallest absolute Gasteiger partial charge is 0.147 e. The van der Waals surface area contributed by atoms with Gasteiger partial charge in [0.05, 0.1) is 0 Å². The zero-order valence-electron chi connectivity index (χ0n) is 32.0. The minimum atomic E-state index is -3.72. The van der Waals surface area contributed by atoms with E-state index in [9.17, 15) is 0 Å². The Labute approximate surface area is 319 Å². The average Bonchev–Trinajstić information content (AvgIpc) is 3.71. The van der Waals surface area contributed by atoms with Crippen LogP contribution in [-0.4, -0.2) is 6.88 Å². The molecule has 2 aliphatic rings. The van der Waals surface area contributed by atoms with Gasteiger partial charge in [0.2, 0.25) is 0 Å². The topological polar surface area (TPSA) is 0 Å². The van der Waals surface area contributed by atoms with Crippen LogP contribution in [-0.2, 0) is 17.4 Å². The Morgan fingerprint density at radius 1 is 0.560 bits per heavy atom. The maximum Gasteiger partial charge on any atom is -0.147 e. The SMILES string of the molecule is CCC1=Cc2c(-c3ccc(C(C)CC)cc3)cccc2[CH]1[Zr]([CH3])([CH3])(=[SiH2])[CH]1C(C(C)CC)=Cc2c(-c3ccc(C(C)CC)cc3)cccc21.Cl.Cl. The molecule has 5 atom stereocenters. The van der Waals surface area contributed by atoms with Crippen molar-refractivity contribution in [2.45, 2.75) is 103 Å². The van der Waals surface area contributed by atoms with Gasteiger partial charge in [0, 0.05) is 0 Å². The van der Waals surface area contributed by atoms with Gasteiger partial charge in [-0.1, -0.05) is 0 Å². The van der Waals surface area contributed by atoms with E-state index in [2.05, 4.69) is 162 Å². The molecular weight excluding hydrogens is 743 g/mol. The van der Waals surface area contributed by atoms with E-state index in [-0.39, 0.29) is 24.8 Å². The van der Waals surface area contributed by atoms with E-state index in [0.717, 1.165) is 6.42 Å². The summed E-state index contributed by atoms with van der Waals surface area (Å²) < 4.78 is 6.67. The van der Waals surface area contributed by atoms with Gasteiger partial charge in [0.25, 0.3) is 0 Å². The first-order valence-electron chi connectivity index (χ1n) is 18.9. The molecule has 0 aliphatic heterocycles. The van der Waals surface area contributed by atoms with Crippen molar-refractivity contribution in [1.29, 1.82) is 0 Å². The number of halogens is 2. The number of rotatable bonds is 11. The second-order valence-electron chi connectivity index (χ2n) is 16.3. The molecule has 2 aliphatic carbocycles. The standard InChI is InChI=1S/C23H27.C21H23.2CH3.2ClH.H2Si.Zr/c1-5-16(3)18-10-12-19(13-11-18)22-9-7-8-20-14-21(15-23(20)22)17(4)6-2;1-4-15(3)17-9-11-18(12-10-17)20-8-6-7-19-13-16(5-2)14-21(19)20;;;;;;/h7-17H,5-6H2,1-4H3;6-15H,4-5H2,1-3H3;2*1H3;2*1H;1H2;. The first kappa shape index (κ1) is 40.8. The molecule has 0 heterocycles. The molecule has 0 amide bonds.